The minimum atomic E-state index is -4.67. The van der Waals surface area contributed by atoms with Crippen LogP contribution >= 0.6 is 18.4 Å². The number of rotatable bonds is 0. The predicted molar refractivity (Wildman–Crippen MR) is 25.9 cm³/mol. The van der Waals surface area contributed by atoms with E-state index < -0.39 is 10.4 Å². The van der Waals surface area contributed by atoms with Crippen LogP contribution in [0.15, 0.2) is 0 Å². The Labute approximate surface area is 85.4 Å². The molecule has 0 radical (unpaired) electrons. The van der Waals surface area contributed by atoms with E-state index in [2.05, 4.69) is 18.4 Å². The summed E-state index contributed by atoms with van der Waals surface area (Å²) in [6.45, 7) is 0. The van der Waals surface area contributed by atoms with Crippen LogP contribution in [-0.2, 0) is 50.4 Å². The molecule has 0 aromatic rings. The zero-order chi connectivity index (χ0) is 8.50. The van der Waals surface area contributed by atoms with Crippen LogP contribution in [0.25, 0.3) is 0 Å². The van der Waals surface area contributed by atoms with Crippen LogP contribution in [-0.4, -0.2) is 17.5 Å². The molecular weight excluding hydrogens is 561 g/mol. The molecule has 0 fully saturated rings. The Balaban J connectivity index is -0.0000000771. The maximum absolute atomic E-state index is 8.74. The van der Waals surface area contributed by atoms with Crippen LogP contribution in [0.3, 0.4) is 0 Å². The summed E-state index contributed by atoms with van der Waals surface area (Å²) in [4.78, 5) is 0. The van der Waals surface area contributed by atoms with Crippen molar-refractivity contribution >= 4 is 28.8 Å². The molecule has 9 heteroatoms. The van der Waals surface area contributed by atoms with Gasteiger partial charge in [0.15, 0.2) is 0 Å². The third kappa shape index (κ3) is 168. The molecule has 0 aliphatic carbocycles. The molecule has 9 heavy (non-hydrogen) atoms. The van der Waals surface area contributed by atoms with Gasteiger partial charge in [-0.1, -0.05) is 0 Å². The van der Waals surface area contributed by atoms with Crippen LogP contribution < -0.4 is 0 Å². The molecule has 0 spiro atoms. The summed E-state index contributed by atoms with van der Waals surface area (Å²) in [5.41, 5.74) is 0. The van der Waals surface area contributed by atoms with E-state index in [0.717, 1.165) is 0 Å². The van der Waals surface area contributed by atoms with Crippen molar-refractivity contribution in [1.29, 1.82) is 0 Å². The summed E-state index contributed by atoms with van der Waals surface area (Å²) >= 11 is 3.50. The van der Waals surface area contributed by atoms with Gasteiger partial charge < -0.3 is 0 Å². The van der Waals surface area contributed by atoms with Crippen LogP contribution in [0, 0.1) is 0 Å². The van der Waals surface area contributed by atoms with E-state index in [0.29, 0.717) is 0 Å². The van der Waals surface area contributed by atoms with Gasteiger partial charge in [0, 0.05) is 0 Å². The monoisotopic (exact) mass is 562 g/mol. The van der Waals surface area contributed by atoms with Crippen LogP contribution in [0.2, 0.25) is 0 Å². The van der Waals surface area contributed by atoms with E-state index in [1.54, 1.807) is 40.0 Å². The third-order valence-electron chi connectivity index (χ3n) is 0. The van der Waals surface area contributed by atoms with Gasteiger partial charge in [-0.15, -0.1) is 0 Å². The normalized spacial score (nSPS) is 8.00. The Kier molecular flexibility index (Phi) is 24.0. The first-order valence-corrected chi connectivity index (χ1v) is 7.69. The van der Waals surface area contributed by atoms with Gasteiger partial charge in [0.05, 0.1) is 0 Å². The number of halogens is 2. The average Bonchev–Trinajstić information content (AvgIpc) is 1.72. The summed E-state index contributed by atoms with van der Waals surface area (Å²) < 4.78 is 31.6. The molecule has 0 bridgehead atoms. The van der Waals surface area contributed by atoms with Crippen molar-refractivity contribution in [3.05, 3.63) is 0 Å². The van der Waals surface area contributed by atoms with Crippen molar-refractivity contribution < 1.29 is 57.5 Å². The Bertz CT molecular complexity index is 99.7. The summed E-state index contributed by atoms with van der Waals surface area (Å²) in [5.74, 6) is 0. The van der Waals surface area contributed by atoms with Crippen molar-refractivity contribution in [3.8, 4) is 0 Å². The number of hydrogen-bond acceptors (Lipinski definition) is 2. The molecule has 0 aromatic carbocycles. The van der Waals surface area contributed by atoms with Gasteiger partial charge in [-0.05, 0) is 0 Å². The first-order chi connectivity index (χ1) is 4.00. The molecule has 0 unspecified atom stereocenters. The minimum absolute atomic E-state index is 1.75. The molecule has 2 N–H and O–H groups in total. The molecular formula is H2Au2Cl2O4S. The van der Waals surface area contributed by atoms with Crippen molar-refractivity contribution in [1.82, 2.24) is 0 Å². The fraction of sp³-hybridized carbons (Fsp3) is 0. The summed E-state index contributed by atoms with van der Waals surface area (Å²) in [6, 6.07) is 0. The quantitative estimate of drug-likeness (QED) is 0.337. The standard InChI is InChI=1S/2Au.2ClH.H2O4S/c;;;;1-5(2,3)4/h;;2*1H;(H2,1,2,3,4)/q2*+1;;;/p-2. The van der Waals surface area contributed by atoms with Gasteiger partial charge in [-0.2, -0.15) is 8.42 Å². The molecule has 0 atom stereocenters. The topological polar surface area (TPSA) is 74.6 Å². The first-order valence-electron chi connectivity index (χ1n) is 0.926. The molecule has 0 aliphatic rings. The molecule has 0 amide bonds. The van der Waals surface area contributed by atoms with Crippen molar-refractivity contribution in [2.24, 2.45) is 0 Å². The Morgan fingerprint density at radius 3 is 1.00 bits per heavy atom. The molecule has 4 nitrogen and oxygen atoms in total. The first kappa shape index (κ1) is 17.1. The van der Waals surface area contributed by atoms with Gasteiger partial charge >= 0.3 is 68.8 Å². The summed E-state index contributed by atoms with van der Waals surface area (Å²) in [7, 11) is 4.50. The second-order valence-corrected chi connectivity index (χ2v) is 1.34. The fourth-order valence-electron chi connectivity index (χ4n) is 0. The van der Waals surface area contributed by atoms with Crippen LogP contribution in [0.1, 0.15) is 0 Å². The third-order valence-corrected chi connectivity index (χ3v) is 0. The van der Waals surface area contributed by atoms with Crippen LogP contribution in [0.5, 0.6) is 0 Å². The molecule has 0 saturated carbocycles. The number of hydrogen-bond donors (Lipinski definition) is 2. The molecule has 0 heterocycles. The summed E-state index contributed by atoms with van der Waals surface area (Å²) in [5, 5.41) is 0. The molecule has 0 saturated heterocycles. The summed E-state index contributed by atoms with van der Waals surface area (Å²) in [6.07, 6.45) is 0. The van der Waals surface area contributed by atoms with E-state index >= 15 is 0 Å². The Morgan fingerprint density at radius 1 is 1.00 bits per heavy atom. The van der Waals surface area contributed by atoms with Gasteiger partial charge in [-0.3, -0.25) is 9.11 Å². The predicted octanol–water partition coefficient (Wildman–Crippen LogP) is 0.721. The Hall–Kier alpha value is 1.93. The van der Waals surface area contributed by atoms with Gasteiger partial charge in [0.2, 0.25) is 0 Å². The second-order valence-electron chi connectivity index (χ2n) is 0.448. The van der Waals surface area contributed by atoms with Gasteiger partial charge in [0.1, 0.15) is 0 Å². The maximum atomic E-state index is 8.74. The van der Waals surface area contributed by atoms with Gasteiger partial charge in [-0.25, -0.2) is 0 Å². The Morgan fingerprint density at radius 2 is 1.00 bits per heavy atom. The van der Waals surface area contributed by atoms with Gasteiger partial charge in [0.25, 0.3) is 0 Å². The van der Waals surface area contributed by atoms with Crippen molar-refractivity contribution in [2.75, 3.05) is 0 Å². The SMILES string of the molecule is O=S(=O)(O)O.[Cl][Au].[Cl][Au]. The second kappa shape index (κ2) is 12.6. The van der Waals surface area contributed by atoms with Crippen molar-refractivity contribution in [2.45, 2.75) is 0 Å². The molecule has 0 aromatic heterocycles. The fourth-order valence-corrected chi connectivity index (χ4v) is 0. The molecule has 0 rings (SSSR count). The van der Waals surface area contributed by atoms with E-state index in [1.807, 2.05) is 0 Å². The van der Waals surface area contributed by atoms with E-state index in [9.17, 15) is 0 Å². The van der Waals surface area contributed by atoms with Crippen LogP contribution in [0.4, 0.5) is 0 Å². The van der Waals surface area contributed by atoms with Crippen molar-refractivity contribution in [3.63, 3.8) is 0 Å². The van der Waals surface area contributed by atoms with E-state index in [-0.39, 0.29) is 0 Å². The zero-order valence-electron chi connectivity index (χ0n) is 3.48. The van der Waals surface area contributed by atoms with E-state index in [4.69, 9.17) is 17.5 Å². The average molecular weight is 563 g/mol. The molecule has 68 valence electrons. The zero-order valence-corrected chi connectivity index (χ0v) is 10.1. The van der Waals surface area contributed by atoms with E-state index in [1.165, 1.54) is 0 Å². The molecule has 0 aliphatic heterocycles.